The van der Waals surface area contributed by atoms with Crippen molar-refractivity contribution in [3.63, 3.8) is 0 Å². The van der Waals surface area contributed by atoms with Crippen molar-refractivity contribution in [2.24, 2.45) is 0 Å². The number of carbonyl (C=O) groups is 1. The molecular weight excluding hydrogens is 398 g/mol. The summed E-state index contributed by atoms with van der Waals surface area (Å²) >= 11 is 0. The Morgan fingerprint density at radius 1 is 1.00 bits per heavy atom. The SMILES string of the molecule is Cc1cc(N)c2cc(NC(=O)c3ccccc3COc3ccccc3)ccc2n1.Cl. The first-order valence-corrected chi connectivity index (χ1v) is 9.34. The van der Waals surface area contributed by atoms with Crippen LogP contribution in [0.15, 0.2) is 78.9 Å². The van der Waals surface area contributed by atoms with Gasteiger partial charge in [0.05, 0.1) is 5.52 Å². The second-order valence-electron chi connectivity index (χ2n) is 6.80. The number of hydrogen-bond donors (Lipinski definition) is 2. The Hall–Kier alpha value is -3.57. The molecule has 3 aromatic carbocycles. The molecular formula is C24H22ClN3O2. The highest BCUT2D eigenvalue weighted by Crippen LogP contribution is 2.25. The predicted molar refractivity (Wildman–Crippen MR) is 123 cm³/mol. The van der Waals surface area contributed by atoms with E-state index in [1.165, 1.54) is 0 Å². The number of fused-ring (bicyclic) bond motifs is 1. The van der Waals surface area contributed by atoms with E-state index in [9.17, 15) is 4.79 Å². The van der Waals surface area contributed by atoms with Crippen LogP contribution in [-0.4, -0.2) is 10.9 Å². The third kappa shape index (κ3) is 4.70. The molecule has 0 aliphatic rings. The molecule has 1 aromatic heterocycles. The Morgan fingerprint density at radius 2 is 1.73 bits per heavy atom. The van der Waals surface area contributed by atoms with Crippen LogP contribution in [-0.2, 0) is 6.61 Å². The molecule has 0 spiro atoms. The summed E-state index contributed by atoms with van der Waals surface area (Å²) < 4.78 is 5.81. The average molecular weight is 420 g/mol. The second-order valence-corrected chi connectivity index (χ2v) is 6.80. The van der Waals surface area contributed by atoms with E-state index in [0.29, 0.717) is 23.5 Å². The molecule has 0 radical (unpaired) electrons. The first kappa shape index (κ1) is 21.1. The first-order valence-electron chi connectivity index (χ1n) is 9.34. The molecule has 0 atom stereocenters. The molecule has 6 heteroatoms. The van der Waals surface area contributed by atoms with Gasteiger partial charge in [0.1, 0.15) is 12.4 Å². The van der Waals surface area contributed by atoms with Crippen molar-refractivity contribution in [3.05, 3.63) is 95.7 Å². The quantitative estimate of drug-likeness (QED) is 0.455. The molecule has 30 heavy (non-hydrogen) atoms. The van der Waals surface area contributed by atoms with Gasteiger partial charge in [0.25, 0.3) is 5.91 Å². The Bertz CT molecular complexity index is 1180. The normalized spacial score (nSPS) is 10.3. The number of rotatable bonds is 5. The molecule has 3 N–H and O–H groups in total. The van der Waals surface area contributed by atoms with Gasteiger partial charge in [-0.1, -0.05) is 36.4 Å². The Kier molecular flexibility index (Phi) is 6.54. The maximum absolute atomic E-state index is 12.9. The number of amides is 1. The van der Waals surface area contributed by atoms with Gasteiger partial charge < -0.3 is 15.8 Å². The summed E-state index contributed by atoms with van der Waals surface area (Å²) in [5.74, 6) is 0.561. The summed E-state index contributed by atoms with van der Waals surface area (Å²) in [6.07, 6.45) is 0. The Balaban J connectivity index is 0.00000256. The number of hydrogen-bond acceptors (Lipinski definition) is 4. The summed E-state index contributed by atoms with van der Waals surface area (Å²) in [6.45, 7) is 2.21. The summed E-state index contributed by atoms with van der Waals surface area (Å²) in [6, 6.07) is 24.3. The fraction of sp³-hybridized carbons (Fsp3) is 0.0833. The number of nitrogens with zero attached hydrogens (tertiary/aromatic N) is 1. The number of benzene rings is 3. The largest absolute Gasteiger partial charge is 0.489 e. The van der Waals surface area contributed by atoms with Crippen molar-refractivity contribution < 1.29 is 9.53 Å². The fourth-order valence-electron chi connectivity index (χ4n) is 3.21. The monoisotopic (exact) mass is 419 g/mol. The van der Waals surface area contributed by atoms with Crippen LogP contribution < -0.4 is 15.8 Å². The van der Waals surface area contributed by atoms with Crippen molar-refractivity contribution in [3.8, 4) is 5.75 Å². The maximum atomic E-state index is 12.9. The molecule has 0 saturated heterocycles. The van der Waals surface area contributed by atoms with E-state index < -0.39 is 0 Å². The van der Waals surface area contributed by atoms with Crippen molar-refractivity contribution in [2.75, 3.05) is 11.1 Å². The highest BCUT2D eigenvalue weighted by molar-refractivity contribution is 6.06. The Labute approximate surface area is 181 Å². The van der Waals surface area contributed by atoms with Gasteiger partial charge in [0.15, 0.2) is 0 Å². The zero-order valence-electron chi connectivity index (χ0n) is 16.5. The molecule has 1 amide bonds. The van der Waals surface area contributed by atoms with Gasteiger partial charge in [-0.05, 0) is 49.4 Å². The lowest BCUT2D eigenvalue weighted by molar-refractivity contribution is 0.102. The van der Waals surface area contributed by atoms with Crippen molar-refractivity contribution in [2.45, 2.75) is 13.5 Å². The minimum absolute atomic E-state index is 0. The summed E-state index contributed by atoms with van der Waals surface area (Å²) in [7, 11) is 0. The number of aromatic nitrogens is 1. The van der Waals surface area contributed by atoms with Crippen LogP contribution in [0, 0.1) is 6.92 Å². The number of nitrogens with two attached hydrogens (primary N) is 1. The smallest absolute Gasteiger partial charge is 0.256 e. The van der Waals surface area contributed by atoms with Gasteiger partial charge in [-0.15, -0.1) is 12.4 Å². The summed E-state index contributed by atoms with van der Waals surface area (Å²) in [5, 5.41) is 3.77. The van der Waals surface area contributed by atoms with Crippen molar-refractivity contribution in [1.29, 1.82) is 0 Å². The number of pyridine rings is 1. The van der Waals surface area contributed by atoms with E-state index in [-0.39, 0.29) is 18.3 Å². The molecule has 0 unspecified atom stereocenters. The van der Waals surface area contributed by atoms with Crippen LogP contribution in [0.25, 0.3) is 10.9 Å². The molecule has 4 rings (SSSR count). The predicted octanol–water partition coefficient (Wildman–Crippen LogP) is 5.38. The number of nitrogen functional groups attached to an aromatic ring is 1. The topological polar surface area (TPSA) is 77.2 Å². The van der Waals surface area contributed by atoms with Crippen LogP contribution >= 0.6 is 12.4 Å². The molecule has 5 nitrogen and oxygen atoms in total. The average Bonchev–Trinajstić information content (AvgIpc) is 2.73. The lowest BCUT2D eigenvalue weighted by Gasteiger charge is -2.12. The van der Waals surface area contributed by atoms with Crippen LogP contribution in [0.2, 0.25) is 0 Å². The van der Waals surface area contributed by atoms with Crippen LogP contribution in [0.3, 0.4) is 0 Å². The molecule has 152 valence electrons. The van der Waals surface area contributed by atoms with Crippen LogP contribution in [0.5, 0.6) is 5.75 Å². The molecule has 0 bridgehead atoms. The van der Waals surface area contributed by atoms with Gasteiger partial charge in [-0.25, -0.2) is 0 Å². The van der Waals surface area contributed by atoms with E-state index in [1.807, 2.05) is 79.7 Å². The first-order chi connectivity index (χ1) is 14.1. The molecule has 0 saturated carbocycles. The van der Waals surface area contributed by atoms with E-state index in [2.05, 4.69) is 10.3 Å². The van der Waals surface area contributed by atoms with E-state index in [1.54, 1.807) is 6.07 Å². The third-order valence-electron chi connectivity index (χ3n) is 4.63. The molecule has 0 fully saturated rings. The van der Waals surface area contributed by atoms with Gasteiger partial charge in [0.2, 0.25) is 0 Å². The van der Waals surface area contributed by atoms with Gasteiger partial charge in [-0.3, -0.25) is 9.78 Å². The van der Waals surface area contributed by atoms with Gasteiger partial charge in [0, 0.05) is 33.6 Å². The van der Waals surface area contributed by atoms with Gasteiger partial charge >= 0.3 is 0 Å². The highest BCUT2D eigenvalue weighted by atomic mass is 35.5. The van der Waals surface area contributed by atoms with Crippen molar-refractivity contribution in [1.82, 2.24) is 4.98 Å². The lowest BCUT2D eigenvalue weighted by Crippen LogP contribution is -2.15. The molecule has 0 aliphatic carbocycles. The van der Waals surface area contributed by atoms with Gasteiger partial charge in [-0.2, -0.15) is 0 Å². The summed E-state index contributed by atoms with van der Waals surface area (Å²) in [4.78, 5) is 17.4. The number of anilines is 2. The second kappa shape index (κ2) is 9.29. The van der Waals surface area contributed by atoms with Crippen LogP contribution in [0.1, 0.15) is 21.6 Å². The number of carbonyl (C=O) groups excluding carboxylic acids is 1. The minimum Gasteiger partial charge on any atom is -0.489 e. The van der Waals surface area contributed by atoms with Crippen LogP contribution in [0.4, 0.5) is 11.4 Å². The maximum Gasteiger partial charge on any atom is 0.256 e. The zero-order chi connectivity index (χ0) is 20.2. The van der Waals surface area contributed by atoms with Crippen molar-refractivity contribution >= 4 is 40.6 Å². The number of para-hydroxylation sites is 1. The lowest BCUT2D eigenvalue weighted by atomic mass is 10.1. The molecule has 4 aromatic rings. The number of halogens is 1. The number of aryl methyl sites for hydroxylation is 1. The number of ether oxygens (including phenoxy) is 1. The summed E-state index contributed by atoms with van der Waals surface area (Å²) in [5.41, 5.74) is 10.5. The van der Waals surface area contributed by atoms with E-state index in [4.69, 9.17) is 10.5 Å². The van der Waals surface area contributed by atoms with E-state index in [0.717, 1.165) is 27.9 Å². The number of nitrogens with one attached hydrogen (secondary N) is 1. The highest BCUT2D eigenvalue weighted by Gasteiger charge is 2.13. The molecule has 1 heterocycles. The minimum atomic E-state index is -0.199. The van der Waals surface area contributed by atoms with E-state index >= 15 is 0 Å². The Morgan fingerprint density at radius 3 is 2.53 bits per heavy atom. The molecule has 0 aliphatic heterocycles. The fourth-order valence-corrected chi connectivity index (χ4v) is 3.21. The zero-order valence-corrected chi connectivity index (χ0v) is 17.3. The third-order valence-corrected chi connectivity index (χ3v) is 4.63. The standard InChI is InChI=1S/C24H21N3O2.ClH/c1-16-13-22(25)21-14-18(11-12-23(21)26-16)27-24(28)20-10-6-5-7-17(20)15-29-19-8-3-2-4-9-19;/h2-14H,15H2,1H3,(H2,25,26)(H,27,28);1H.